The Bertz CT molecular complexity index is 1130. The first-order valence-electron chi connectivity index (χ1n) is 10.3. The van der Waals surface area contributed by atoms with Crippen molar-refractivity contribution in [2.24, 2.45) is 15.7 Å². The molecule has 4 heterocycles. The predicted octanol–water partition coefficient (Wildman–Crippen LogP) is 2.61. The van der Waals surface area contributed by atoms with Gasteiger partial charge in [0.15, 0.2) is 0 Å². The van der Waals surface area contributed by atoms with Gasteiger partial charge in [0.1, 0.15) is 11.4 Å². The summed E-state index contributed by atoms with van der Waals surface area (Å²) in [6, 6.07) is 8.52. The van der Waals surface area contributed by atoms with Crippen LogP contribution in [-0.2, 0) is 0 Å². The minimum absolute atomic E-state index is 0.286. The molecular weight excluding hydrogens is 378 g/mol. The molecule has 8 nitrogen and oxygen atoms in total. The molecule has 8 heteroatoms. The highest BCUT2D eigenvalue weighted by molar-refractivity contribution is 6.14. The zero-order chi connectivity index (χ0) is 20.5. The van der Waals surface area contributed by atoms with E-state index >= 15 is 0 Å². The number of guanidine groups is 1. The monoisotopic (exact) mass is 403 g/mol. The molecule has 2 aliphatic rings. The van der Waals surface area contributed by atoms with Crippen molar-refractivity contribution in [1.29, 1.82) is 0 Å². The van der Waals surface area contributed by atoms with E-state index in [1.54, 1.807) is 13.3 Å². The molecule has 1 aromatic carbocycles. The van der Waals surface area contributed by atoms with Crippen LogP contribution in [0.15, 0.2) is 46.6 Å². The zero-order valence-corrected chi connectivity index (χ0v) is 17.0. The Morgan fingerprint density at radius 3 is 2.83 bits per heavy atom. The maximum atomic E-state index is 6.04. The van der Waals surface area contributed by atoms with Crippen molar-refractivity contribution >= 4 is 22.6 Å². The van der Waals surface area contributed by atoms with E-state index in [0.29, 0.717) is 0 Å². The number of aromatic nitrogens is 3. The third kappa shape index (κ3) is 3.54. The molecule has 2 aliphatic heterocycles. The number of fused-ring (bicyclic) bond motifs is 1. The highest BCUT2D eigenvalue weighted by Crippen LogP contribution is 2.28. The van der Waals surface area contributed by atoms with Gasteiger partial charge in [-0.25, -0.2) is 4.99 Å². The van der Waals surface area contributed by atoms with Crippen LogP contribution in [0.25, 0.3) is 22.0 Å². The van der Waals surface area contributed by atoms with Crippen LogP contribution in [0.4, 0.5) is 0 Å². The summed E-state index contributed by atoms with van der Waals surface area (Å²) in [6.45, 7) is 2.54. The van der Waals surface area contributed by atoms with Crippen molar-refractivity contribution < 1.29 is 4.74 Å². The Hall–Kier alpha value is -3.26. The second-order valence-electron chi connectivity index (χ2n) is 7.76. The average Bonchev–Trinajstić information content (AvgIpc) is 3.23. The van der Waals surface area contributed by atoms with Gasteiger partial charge in [-0.1, -0.05) is 6.07 Å². The lowest BCUT2D eigenvalue weighted by Crippen LogP contribution is -2.43. The standard InChI is InChI=1S/C22H25N7O/c1-30-17-10-15(12-24-13-17)14-2-3-19-18(11-14)21(28-27-19)20-4-7-25-22(26-20)29-8-5-16(23)6-9-29/h2-3,10-13,16H,4-9,23H2,1H3,(H,27,28). The number of hydrogen-bond acceptors (Lipinski definition) is 7. The van der Waals surface area contributed by atoms with E-state index < -0.39 is 0 Å². The Kier molecular flexibility index (Phi) is 4.92. The van der Waals surface area contributed by atoms with E-state index in [0.717, 1.165) is 84.0 Å². The van der Waals surface area contributed by atoms with E-state index in [1.165, 1.54) is 0 Å². The molecule has 1 fully saturated rings. The van der Waals surface area contributed by atoms with Crippen LogP contribution in [-0.4, -0.2) is 64.5 Å². The summed E-state index contributed by atoms with van der Waals surface area (Å²) in [6.07, 6.45) is 6.28. The van der Waals surface area contributed by atoms with E-state index in [1.807, 2.05) is 18.3 Å². The van der Waals surface area contributed by atoms with Crippen molar-refractivity contribution in [2.45, 2.75) is 25.3 Å². The number of aromatic amines is 1. The second kappa shape index (κ2) is 7.87. The third-order valence-electron chi connectivity index (χ3n) is 5.78. The fraction of sp³-hybridized carbons (Fsp3) is 0.364. The highest BCUT2D eigenvalue weighted by Gasteiger charge is 2.23. The summed E-state index contributed by atoms with van der Waals surface area (Å²) in [5.74, 6) is 1.55. The predicted molar refractivity (Wildman–Crippen MR) is 118 cm³/mol. The van der Waals surface area contributed by atoms with E-state index in [4.69, 9.17) is 15.5 Å². The molecule has 154 valence electrons. The molecule has 0 radical (unpaired) electrons. The first-order chi connectivity index (χ1) is 14.7. The normalized spacial score (nSPS) is 17.7. The number of nitrogens with one attached hydrogen (secondary N) is 1. The van der Waals surface area contributed by atoms with Crippen molar-refractivity contribution in [3.8, 4) is 16.9 Å². The summed E-state index contributed by atoms with van der Waals surface area (Å²) < 4.78 is 5.32. The largest absolute Gasteiger partial charge is 0.495 e. The number of benzene rings is 1. The lowest BCUT2D eigenvalue weighted by Gasteiger charge is -2.32. The van der Waals surface area contributed by atoms with Gasteiger partial charge in [-0.15, -0.1) is 0 Å². The molecule has 3 aromatic rings. The molecule has 30 heavy (non-hydrogen) atoms. The number of aliphatic imine (C=N–C) groups is 2. The lowest BCUT2D eigenvalue weighted by molar-refractivity contribution is 0.310. The summed E-state index contributed by atoms with van der Waals surface area (Å²) in [4.78, 5) is 16.1. The van der Waals surface area contributed by atoms with E-state index in [-0.39, 0.29) is 6.04 Å². The fourth-order valence-corrected chi connectivity index (χ4v) is 4.02. The first-order valence-corrected chi connectivity index (χ1v) is 10.3. The summed E-state index contributed by atoms with van der Waals surface area (Å²) in [5.41, 5.74) is 11.0. The van der Waals surface area contributed by atoms with Crippen LogP contribution >= 0.6 is 0 Å². The Balaban J connectivity index is 1.49. The van der Waals surface area contributed by atoms with Crippen molar-refractivity contribution in [3.05, 3.63) is 42.4 Å². The van der Waals surface area contributed by atoms with Gasteiger partial charge in [0.25, 0.3) is 0 Å². The SMILES string of the molecule is COc1cncc(-c2ccc3[nH]nc(C4=NC(N5CCC(N)CC5)=NCC4)c3c2)c1. The van der Waals surface area contributed by atoms with Gasteiger partial charge in [-0.2, -0.15) is 5.10 Å². The number of nitrogens with two attached hydrogens (primary N) is 1. The lowest BCUT2D eigenvalue weighted by atomic mass is 10.0. The van der Waals surface area contributed by atoms with Gasteiger partial charge in [-0.05, 0) is 36.6 Å². The number of H-pyrrole nitrogens is 1. The molecule has 0 amide bonds. The van der Waals surface area contributed by atoms with Crippen LogP contribution in [0, 0.1) is 0 Å². The molecule has 0 spiro atoms. The minimum Gasteiger partial charge on any atom is -0.495 e. The molecule has 3 N–H and O–H groups in total. The van der Waals surface area contributed by atoms with Crippen molar-refractivity contribution in [1.82, 2.24) is 20.1 Å². The van der Waals surface area contributed by atoms with Crippen LogP contribution in [0.3, 0.4) is 0 Å². The Morgan fingerprint density at radius 2 is 2.00 bits per heavy atom. The number of piperidine rings is 1. The molecule has 0 unspecified atom stereocenters. The summed E-state index contributed by atoms with van der Waals surface area (Å²) in [7, 11) is 1.65. The van der Waals surface area contributed by atoms with Gasteiger partial charge in [0, 0.05) is 49.2 Å². The van der Waals surface area contributed by atoms with Crippen LogP contribution in [0.2, 0.25) is 0 Å². The van der Waals surface area contributed by atoms with E-state index in [9.17, 15) is 0 Å². The molecule has 1 saturated heterocycles. The Morgan fingerprint density at radius 1 is 1.13 bits per heavy atom. The van der Waals surface area contributed by atoms with Crippen LogP contribution in [0.1, 0.15) is 25.0 Å². The number of rotatable bonds is 3. The van der Waals surface area contributed by atoms with Crippen molar-refractivity contribution in [2.75, 3.05) is 26.7 Å². The van der Waals surface area contributed by atoms with Gasteiger partial charge >= 0.3 is 0 Å². The smallest absolute Gasteiger partial charge is 0.220 e. The quantitative estimate of drug-likeness (QED) is 0.699. The second-order valence-corrected chi connectivity index (χ2v) is 7.76. The van der Waals surface area contributed by atoms with Crippen LogP contribution < -0.4 is 10.5 Å². The fourth-order valence-electron chi connectivity index (χ4n) is 4.02. The average molecular weight is 403 g/mol. The number of likely N-dealkylation sites (tertiary alicyclic amines) is 1. The van der Waals surface area contributed by atoms with Gasteiger partial charge < -0.3 is 15.4 Å². The molecular formula is C22H25N7O. The first kappa shape index (κ1) is 18.7. The Labute approximate surface area is 174 Å². The molecule has 5 rings (SSSR count). The van der Waals surface area contributed by atoms with Crippen LogP contribution in [0.5, 0.6) is 5.75 Å². The highest BCUT2D eigenvalue weighted by atomic mass is 16.5. The zero-order valence-electron chi connectivity index (χ0n) is 17.0. The minimum atomic E-state index is 0.286. The number of ether oxygens (including phenoxy) is 1. The van der Waals surface area contributed by atoms with Gasteiger partial charge in [0.05, 0.1) is 24.5 Å². The molecule has 0 saturated carbocycles. The summed E-state index contributed by atoms with van der Waals surface area (Å²) >= 11 is 0. The van der Waals surface area contributed by atoms with Crippen molar-refractivity contribution in [3.63, 3.8) is 0 Å². The van der Waals surface area contributed by atoms with Gasteiger partial charge in [-0.3, -0.25) is 15.1 Å². The van der Waals surface area contributed by atoms with E-state index in [2.05, 4.69) is 37.2 Å². The molecule has 0 atom stereocenters. The third-order valence-corrected chi connectivity index (χ3v) is 5.78. The summed E-state index contributed by atoms with van der Waals surface area (Å²) in [5, 5.41) is 8.79. The maximum absolute atomic E-state index is 6.04. The molecule has 0 bridgehead atoms. The number of hydrogen-bond donors (Lipinski definition) is 2. The number of nitrogens with zero attached hydrogens (tertiary/aromatic N) is 5. The number of methoxy groups -OCH3 is 1. The van der Waals surface area contributed by atoms with Gasteiger partial charge in [0.2, 0.25) is 5.96 Å². The number of pyridine rings is 1. The topological polar surface area (TPSA) is 105 Å². The molecule has 0 aliphatic carbocycles. The maximum Gasteiger partial charge on any atom is 0.220 e. The molecule has 2 aromatic heterocycles.